The number of nitrogens with one attached hydrogen (secondary N) is 1. The molecule has 0 aliphatic carbocycles. The van der Waals surface area contributed by atoms with Gasteiger partial charge < -0.3 is 4.74 Å². The summed E-state index contributed by atoms with van der Waals surface area (Å²) in [6, 6.07) is 10.1. The second-order valence-electron chi connectivity index (χ2n) is 9.05. The number of esters is 1. The zero-order valence-electron chi connectivity index (χ0n) is 19.7. The highest BCUT2D eigenvalue weighted by atomic mass is 35.5. The molecule has 33 heavy (non-hydrogen) atoms. The van der Waals surface area contributed by atoms with Gasteiger partial charge in [0.2, 0.25) is 10.0 Å². The monoisotopic (exact) mass is 494 g/mol. The predicted molar refractivity (Wildman–Crippen MR) is 132 cm³/mol. The Morgan fingerprint density at radius 3 is 2.45 bits per heavy atom. The number of aryl methyl sites for hydroxylation is 1. The number of pyridine rings is 1. The third-order valence-corrected chi connectivity index (χ3v) is 7.52. The number of carbonyl (C=O) groups is 1. The van der Waals surface area contributed by atoms with Gasteiger partial charge in [-0.05, 0) is 81.3 Å². The van der Waals surface area contributed by atoms with Gasteiger partial charge in [-0.2, -0.15) is 0 Å². The van der Waals surface area contributed by atoms with Crippen molar-refractivity contribution in [3.8, 4) is 0 Å². The molecule has 2 aromatic rings. The summed E-state index contributed by atoms with van der Waals surface area (Å²) in [5.74, 6) is 0.152. The van der Waals surface area contributed by atoms with Crippen LogP contribution in [-0.2, 0) is 26.0 Å². The molecule has 0 saturated heterocycles. The Labute approximate surface area is 203 Å². The molecule has 0 spiro atoms. The van der Waals surface area contributed by atoms with Gasteiger partial charge in [0.25, 0.3) is 0 Å². The van der Waals surface area contributed by atoms with Crippen LogP contribution >= 0.6 is 11.6 Å². The van der Waals surface area contributed by atoms with Gasteiger partial charge in [-0.15, -0.1) is 0 Å². The van der Waals surface area contributed by atoms with E-state index in [1.807, 2.05) is 26.1 Å². The molecule has 0 aliphatic heterocycles. The first-order valence-corrected chi connectivity index (χ1v) is 13.2. The molecular weight excluding hydrogens is 460 g/mol. The molecule has 0 bridgehead atoms. The number of ether oxygens (including phenoxy) is 1. The van der Waals surface area contributed by atoms with E-state index in [0.717, 1.165) is 44.9 Å². The maximum absolute atomic E-state index is 12.4. The number of hydrogen-bond acceptors (Lipinski definition) is 5. The van der Waals surface area contributed by atoms with Crippen LogP contribution in [0.15, 0.2) is 53.7 Å². The van der Waals surface area contributed by atoms with E-state index in [1.165, 1.54) is 24.8 Å². The second kappa shape index (κ2) is 13.1. The van der Waals surface area contributed by atoms with Crippen molar-refractivity contribution in [1.29, 1.82) is 0 Å². The Morgan fingerprint density at radius 1 is 1.12 bits per heavy atom. The van der Waals surface area contributed by atoms with E-state index in [2.05, 4.69) is 15.8 Å². The lowest BCUT2D eigenvalue weighted by Crippen LogP contribution is -2.28. The van der Waals surface area contributed by atoms with Crippen molar-refractivity contribution in [1.82, 2.24) is 9.71 Å². The minimum Gasteiger partial charge on any atom is -0.469 e. The number of carbonyl (C=O) groups excluding carboxylic acids is 1. The summed E-state index contributed by atoms with van der Waals surface area (Å²) in [7, 11) is -2.12. The Morgan fingerprint density at radius 2 is 1.82 bits per heavy atom. The maximum atomic E-state index is 12.4. The van der Waals surface area contributed by atoms with Gasteiger partial charge in [0.1, 0.15) is 0 Å². The summed E-state index contributed by atoms with van der Waals surface area (Å²) in [6.07, 6.45) is 9.88. The molecule has 1 heterocycles. The number of aromatic nitrogens is 1. The van der Waals surface area contributed by atoms with Crippen LogP contribution in [0.3, 0.4) is 0 Å². The molecule has 8 heteroatoms. The highest BCUT2D eigenvalue weighted by molar-refractivity contribution is 7.89. The van der Waals surface area contributed by atoms with Crippen molar-refractivity contribution in [3.63, 3.8) is 0 Å². The van der Waals surface area contributed by atoms with Gasteiger partial charge in [0.05, 0.1) is 17.4 Å². The van der Waals surface area contributed by atoms with Crippen LogP contribution in [0.1, 0.15) is 57.9 Å². The van der Waals surface area contributed by atoms with E-state index in [9.17, 15) is 13.2 Å². The summed E-state index contributed by atoms with van der Waals surface area (Å²) in [6.45, 7) is 4.22. The number of unbranched alkanes of at least 4 members (excludes halogenated alkanes) is 1. The third-order valence-electron chi connectivity index (χ3n) is 5.79. The van der Waals surface area contributed by atoms with Gasteiger partial charge in [-0.3, -0.25) is 9.78 Å². The van der Waals surface area contributed by atoms with Crippen molar-refractivity contribution in [3.05, 3.63) is 59.4 Å². The largest absolute Gasteiger partial charge is 0.469 e. The first kappa shape index (κ1) is 27.3. The average molecular weight is 495 g/mol. The lowest BCUT2D eigenvalue weighted by atomic mass is 9.78. The number of methoxy groups -OCH3 is 1. The fraction of sp³-hybridized carbons (Fsp3) is 0.520. The molecule has 0 radical (unpaired) electrons. The molecule has 0 saturated carbocycles. The van der Waals surface area contributed by atoms with Crippen molar-refractivity contribution in [2.45, 2.75) is 63.7 Å². The van der Waals surface area contributed by atoms with Crippen LogP contribution in [0.25, 0.3) is 0 Å². The summed E-state index contributed by atoms with van der Waals surface area (Å²) in [5, 5.41) is 0.499. The van der Waals surface area contributed by atoms with Crippen LogP contribution in [0.5, 0.6) is 0 Å². The summed E-state index contributed by atoms with van der Waals surface area (Å²) < 4.78 is 32.4. The van der Waals surface area contributed by atoms with Gasteiger partial charge in [-0.1, -0.05) is 36.9 Å². The van der Waals surface area contributed by atoms with Gasteiger partial charge in [0.15, 0.2) is 0 Å². The Kier molecular flexibility index (Phi) is 10.8. The van der Waals surface area contributed by atoms with E-state index < -0.39 is 15.4 Å². The van der Waals surface area contributed by atoms with Gasteiger partial charge in [-0.25, -0.2) is 13.1 Å². The topological polar surface area (TPSA) is 85.4 Å². The molecule has 0 aliphatic rings. The highest BCUT2D eigenvalue weighted by Crippen LogP contribution is 2.32. The van der Waals surface area contributed by atoms with Crippen molar-refractivity contribution >= 4 is 27.6 Å². The second-order valence-corrected chi connectivity index (χ2v) is 11.2. The fourth-order valence-corrected chi connectivity index (χ4v) is 5.23. The highest BCUT2D eigenvalue weighted by Gasteiger charge is 2.31. The molecule has 182 valence electrons. The Bertz CT molecular complexity index is 964. The Hall–Kier alpha value is -1.96. The smallest absolute Gasteiger partial charge is 0.311 e. The van der Waals surface area contributed by atoms with Crippen molar-refractivity contribution < 1.29 is 17.9 Å². The number of halogens is 1. The molecule has 1 aromatic carbocycles. The van der Waals surface area contributed by atoms with E-state index in [4.69, 9.17) is 16.3 Å². The van der Waals surface area contributed by atoms with E-state index in [0.29, 0.717) is 17.5 Å². The van der Waals surface area contributed by atoms with Crippen LogP contribution in [-0.4, -0.2) is 33.0 Å². The molecule has 1 N–H and O–H groups in total. The van der Waals surface area contributed by atoms with Crippen molar-refractivity contribution in [2.75, 3.05) is 13.7 Å². The number of hydrogen-bond donors (Lipinski definition) is 1. The fourth-order valence-electron chi connectivity index (χ4n) is 4.03. The van der Waals surface area contributed by atoms with Crippen LogP contribution in [0.4, 0.5) is 0 Å². The minimum atomic E-state index is -3.54. The van der Waals surface area contributed by atoms with E-state index in [-0.39, 0.29) is 10.9 Å². The SMILES string of the molecule is COC(=O)C(C)(C)CC(CCCCNS(=O)(=O)c1ccc(Cl)cc1)CCCc1cccnc1. The van der Waals surface area contributed by atoms with Crippen LogP contribution in [0, 0.1) is 11.3 Å². The quantitative estimate of drug-likeness (QED) is 0.280. The van der Waals surface area contributed by atoms with Crippen LogP contribution < -0.4 is 4.72 Å². The molecular formula is C25H35ClN2O4S. The summed E-state index contributed by atoms with van der Waals surface area (Å²) in [4.78, 5) is 16.6. The first-order valence-electron chi connectivity index (χ1n) is 11.4. The summed E-state index contributed by atoms with van der Waals surface area (Å²) >= 11 is 5.84. The number of benzene rings is 1. The van der Waals surface area contributed by atoms with Gasteiger partial charge >= 0.3 is 5.97 Å². The van der Waals surface area contributed by atoms with E-state index in [1.54, 1.807) is 18.3 Å². The van der Waals surface area contributed by atoms with Crippen LogP contribution in [0.2, 0.25) is 5.02 Å². The zero-order chi connectivity index (χ0) is 24.3. The Balaban J connectivity index is 1.85. The van der Waals surface area contributed by atoms with E-state index >= 15 is 0 Å². The minimum absolute atomic E-state index is 0.199. The van der Waals surface area contributed by atoms with Gasteiger partial charge in [0, 0.05) is 24.0 Å². The molecule has 2 rings (SSSR count). The normalized spacial score (nSPS) is 13.0. The molecule has 1 atom stereocenters. The van der Waals surface area contributed by atoms with Crippen molar-refractivity contribution in [2.24, 2.45) is 11.3 Å². The molecule has 0 amide bonds. The standard InChI is InChI=1S/C25H35ClN2O4S/c1-25(2,24(29)32-3)18-20(9-6-10-21-11-7-16-27-19-21)8-4-5-17-28-33(30,31)23-14-12-22(26)13-15-23/h7,11-16,19-20,28H,4-6,8-10,17-18H2,1-3H3. The molecule has 6 nitrogen and oxygen atoms in total. The predicted octanol–water partition coefficient (Wildman–Crippen LogP) is 5.41. The molecule has 1 unspecified atom stereocenters. The molecule has 1 aromatic heterocycles. The number of rotatable bonds is 14. The zero-order valence-corrected chi connectivity index (χ0v) is 21.3. The maximum Gasteiger partial charge on any atom is 0.311 e. The molecule has 0 fully saturated rings. The summed E-state index contributed by atoms with van der Waals surface area (Å²) in [5.41, 5.74) is 0.657. The average Bonchev–Trinajstić information content (AvgIpc) is 2.78. The first-order chi connectivity index (χ1) is 15.6. The number of sulfonamides is 1. The lowest BCUT2D eigenvalue weighted by molar-refractivity contribution is -0.151. The lowest BCUT2D eigenvalue weighted by Gasteiger charge is -2.27. The third kappa shape index (κ3) is 9.43. The number of nitrogens with zero attached hydrogens (tertiary/aromatic N) is 1.